The van der Waals surface area contributed by atoms with Crippen molar-refractivity contribution in [2.45, 2.75) is 13.0 Å². The Hall–Kier alpha value is -1.36. The minimum absolute atomic E-state index is 0.221. The third kappa shape index (κ3) is 1.31. The predicted octanol–water partition coefficient (Wildman–Crippen LogP) is -0.780. The second-order valence-corrected chi connectivity index (χ2v) is 2.93. The highest BCUT2D eigenvalue weighted by Crippen LogP contribution is 2.22. The molecule has 1 aliphatic rings. The predicted molar refractivity (Wildman–Crippen MR) is 44.0 cm³/mol. The van der Waals surface area contributed by atoms with E-state index < -0.39 is 17.7 Å². The molecule has 2 N–H and O–H groups in total. The number of aliphatic hydroxyl groups excluding tert-OH is 2. The van der Waals surface area contributed by atoms with Gasteiger partial charge in [-0.3, -0.25) is 9.59 Å². The number of Topliss-reactive ketones (excluding diaryl/α,β-unsaturated/α-hetero) is 1. The fourth-order valence-electron chi connectivity index (χ4n) is 1.32. The first kappa shape index (κ1) is 9.73. The SMILES string of the molecule is CC(=O)C1=C(O)[C@@H](CO)N(C)C1=O. The summed E-state index contributed by atoms with van der Waals surface area (Å²) in [5.41, 5.74) is -0.221. The van der Waals surface area contributed by atoms with Crippen LogP contribution in [0.3, 0.4) is 0 Å². The summed E-state index contributed by atoms with van der Waals surface area (Å²) in [5, 5.41) is 18.2. The largest absolute Gasteiger partial charge is 0.509 e. The molecule has 0 saturated heterocycles. The molecule has 13 heavy (non-hydrogen) atoms. The highest BCUT2D eigenvalue weighted by molar-refractivity contribution is 6.20. The number of hydrogen-bond acceptors (Lipinski definition) is 4. The molecule has 1 rings (SSSR count). The molecule has 0 aromatic rings. The lowest BCUT2D eigenvalue weighted by Crippen LogP contribution is -2.34. The number of carbonyl (C=O) groups excluding carboxylic acids is 2. The van der Waals surface area contributed by atoms with Gasteiger partial charge >= 0.3 is 0 Å². The van der Waals surface area contributed by atoms with E-state index in [0.717, 1.165) is 4.90 Å². The molecule has 0 aliphatic carbocycles. The maximum absolute atomic E-state index is 11.3. The van der Waals surface area contributed by atoms with Gasteiger partial charge in [-0.1, -0.05) is 0 Å². The molecule has 0 unspecified atom stereocenters. The van der Waals surface area contributed by atoms with Gasteiger partial charge in [-0.2, -0.15) is 0 Å². The molecule has 0 bridgehead atoms. The van der Waals surface area contributed by atoms with Gasteiger partial charge in [-0.15, -0.1) is 0 Å². The van der Waals surface area contributed by atoms with Gasteiger partial charge in [0.2, 0.25) is 0 Å². The standard InChI is InChI=1S/C8H11NO4/c1-4(11)6-7(12)5(3-10)9(2)8(6)13/h5,10,12H,3H2,1-2H3/t5-/m1/s1. The monoisotopic (exact) mass is 185 g/mol. The van der Waals surface area contributed by atoms with Crippen molar-refractivity contribution in [2.24, 2.45) is 0 Å². The van der Waals surface area contributed by atoms with Gasteiger partial charge in [-0.05, 0) is 6.92 Å². The Kier molecular flexibility index (Phi) is 2.38. The third-order valence-corrected chi connectivity index (χ3v) is 2.10. The minimum Gasteiger partial charge on any atom is -0.509 e. The normalized spacial score (nSPS) is 22.8. The van der Waals surface area contributed by atoms with E-state index in [-0.39, 0.29) is 17.9 Å². The van der Waals surface area contributed by atoms with Crippen LogP contribution in [0.4, 0.5) is 0 Å². The van der Waals surface area contributed by atoms with E-state index >= 15 is 0 Å². The molecule has 72 valence electrons. The van der Waals surface area contributed by atoms with Gasteiger partial charge in [0.05, 0.1) is 6.61 Å². The summed E-state index contributed by atoms with van der Waals surface area (Å²) < 4.78 is 0. The summed E-state index contributed by atoms with van der Waals surface area (Å²) in [5.74, 6) is -1.35. The number of aliphatic hydroxyl groups is 2. The van der Waals surface area contributed by atoms with Crippen molar-refractivity contribution in [3.05, 3.63) is 11.3 Å². The lowest BCUT2D eigenvalue weighted by atomic mass is 10.1. The topological polar surface area (TPSA) is 77.8 Å². The molecule has 1 aliphatic heterocycles. The van der Waals surface area contributed by atoms with Crippen molar-refractivity contribution in [2.75, 3.05) is 13.7 Å². The number of hydrogen-bond donors (Lipinski definition) is 2. The number of amides is 1. The van der Waals surface area contributed by atoms with Crippen molar-refractivity contribution < 1.29 is 19.8 Å². The van der Waals surface area contributed by atoms with E-state index in [1.54, 1.807) is 0 Å². The molecule has 5 nitrogen and oxygen atoms in total. The first-order chi connectivity index (χ1) is 6.00. The van der Waals surface area contributed by atoms with Crippen LogP contribution in [0.2, 0.25) is 0 Å². The summed E-state index contributed by atoms with van der Waals surface area (Å²) >= 11 is 0. The van der Waals surface area contributed by atoms with Crippen molar-refractivity contribution in [3.8, 4) is 0 Å². The van der Waals surface area contributed by atoms with Crippen LogP contribution >= 0.6 is 0 Å². The van der Waals surface area contributed by atoms with Crippen LogP contribution in [-0.4, -0.2) is 46.5 Å². The minimum atomic E-state index is -0.772. The van der Waals surface area contributed by atoms with E-state index in [9.17, 15) is 14.7 Å². The van der Waals surface area contributed by atoms with Crippen LogP contribution in [0.25, 0.3) is 0 Å². The summed E-state index contributed by atoms with van der Waals surface area (Å²) in [6, 6.07) is -0.772. The van der Waals surface area contributed by atoms with E-state index in [1.165, 1.54) is 14.0 Å². The van der Waals surface area contributed by atoms with Crippen LogP contribution in [0.1, 0.15) is 6.92 Å². The maximum atomic E-state index is 11.3. The summed E-state index contributed by atoms with van der Waals surface area (Å²) in [7, 11) is 1.43. The number of nitrogens with zero attached hydrogens (tertiary/aromatic N) is 1. The molecule has 1 atom stereocenters. The van der Waals surface area contributed by atoms with Gasteiger partial charge < -0.3 is 15.1 Å². The molecule has 0 spiro atoms. The molecule has 1 amide bonds. The van der Waals surface area contributed by atoms with Gasteiger partial charge in [0.25, 0.3) is 5.91 Å². The van der Waals surface area contributed by atoms with E-state index in [4.69, 9.17) is 5.11 Å². The lowest BCUT2D eigenvalue weighted by Gasteiger charge is -2.17. The molecule has 0 fully saturated rings. The second kappa shape index (κ2) is 3.18. The first-order valence-corrected chi connectivity index (χ1v) is 3.82. The molecule has 1 heterocycles. The van der Waals surface area contributed by atoms with Crippen LogP contribution < -0.4 is 0 Å². The van der Waals surface area contributed by atoms with Crippen LogP contribution in [0, 0.1) is 0 Å². The Bertz CT molecular complexity index is 295. The first-order valence-electron chi connectivity index (χ1n) is 3.82. The van der Waals surface area contributed by atoms with Crippen LogP contribution in [-0.2, 0) is 9.59 Å². The molecule has 0 aromatic carbocycles. The van der Waals surface area contributed by atoms with Gasteiger partial charge in [0.1, 0.15) is 17.4 Å². The zero-order valence-corrected chi connectivity index (χ0v) is 7.44. The summed E-state index contributed by atoms with van der Waals surface area (Å²) in [6.45, 7) is 0.821. The smallest absolute Gasteiger partial charge is 0.261 e. The van der Waals surface area contributed by atoms with Crippen molar-refractivity contribution >= 4 is 11.7 Å². The van der Waals surface area contributed by atoms with Gasteiger partial charge in [0, 0.05) is 7.05 Å². The summed E-state index contributed by atoms with van der Waals surface area (Å²) in [6.07, 6.45) is 0. The molecule has 0 aromatic heterocycles. The Morgan fingerprint density at radius 1 is 1.62 bits per heavy atom. The lowest BCUT2D eigenvalue weighted by molar-refractivity contribution is -0.128. The zero-order chi connectivity index (χ0) is 10.2. The Labute approximate surface area is 75.3 Å². The number of likely N-dealkylation sites (N-methyl/N-ethyl adjacent to an activating group) is 1. The zero-order valence-electron chi connectivity index (χ0n) is 7.44. The van der Waals surface area contributed by atoms with Crippen molar-refractivity contribution in [3.63, 3.8) is 0 Å². The second-order valence-electron chi connectivity index (χ2n) is 2.93. The Balaban J connectivity index is 3.11. The molecule has 0 radical (unpaired) electrons. The molecule has 5 heteroatoms. The summed E-state index contributed by atoms with van der Waals surface area (Å²) in [4.78, 5) is 23.4. The molecular formula is C8H11NO4. The fraction of sp³-hybridized carbons (Fsp3) is 0.500. The number of carbonyl (C=O) groups is 2. The van der Waals surface area contributed by atoms with Gasteiger partial charge in [-0.25, -0.2) is 0 Å². The van der Waals surface area contributed by atoms with Gasteiger partial charge in [0.15, 0.2) is 5.78 Å². The fourth-order valence-corrected chi connectivity index (χ4v) is 1.32. The molecular weight excluding hydrogens is 174 g/mol. The Morgan fingerprint density at radius 2 is 2.15 bits per heavy atom. The molecule has 0 saturated carbocycles. The third-order valence-electron chi connectivity index (χ3n) is 2.10. The number of ketones is 1. The quantitative estimate of drug-likeness (QED) is 0.553. The number of rotatable bonds is 2. The van der Waals surface area contributed by atoms with E-state index in [0.29, 0.717) is 0 Å². The van der Waals surface area contributed by atoms with Crippen LogP contribution in [0.15, 0.2) is 11.3 Å². The van der Waals surface area contributed by atoms with E-state index in [2.05, 4.69) is 0 Å². The van der Waals surface area contributed by atoms with Crippen molar-refractivity contribution in [1.29, 1.82) is 0 Å². The van der Waals surface area contributed by atoms with Crippen LogP contribution in [0.5, 0.6) is 0 Å². The average molecular weight is 185 g/mol. The Morgan fingerprint density at radius 3 is 2.38 bits per heavy atom. The maximum Gasteiger partial charge on any atom is 0.261 e. The highest BCUT2D eigenvalue weighted by atomic mass is 16.3. The highest BCUT2D eigenvalue weighted by Gasteiger charge is 2.38. The average Bonchev–Trinajstić information content (AvgIpc) is 2.24. The van der Waals surface area contributed by atoms with E-state index in [1.807, 2.05) is 0 Å². The van der Waals surface area contributed by atoms with Crippen molar-refractivity contribution in [1.82, 2.24) is 4.90 Å².